The van der Waals surface area contributed by atoms with Crippen molar-refractivity contribution in [2.45, 2.75) is 53.4 Å². The Kier molecular flexibility index (Phi) is 8.48. The molecule has 0 bridgehead atoms. The Hall–Kier alpha value is -2.77. The summed E-state index contributed by atoms with van der Waals surface area (Å²) < 4.78 is 11.1. The van der Waals surface area contributed by atoms with Crippen LogP contribution in [0.5, 0.6) is 11.5 Å². The van der Waals surface area contributed by atoms with E-state index in [0.29, 0.717) is 31.4 Å². The molecule has 0 spiro atoms. The fraction of sp³-hybridized carbons (Fsp3) is 0.571. The van der Waals surface area contributed by atoms with Crippen LogP contribution in [0.1, 0.15) is 63.7 Å². The first-order valence-electron chi connectivity index (χ1n) is 9.46. The SMILES string of the molecule is CC(C)(CCCOc1ccc(OCCCC(C)(C)C(=O)O)c(C(=O)O)c1)C(=O)O. The molecule has 0 aliphatic heterocycles. The van der Waals surface area contributed by atoms with Crippen LogP contribution in [0.2, 0.25) is 0 Å². The minimum atomic E-state index is -1.16. The molecule has 162 valence electrons. The molecule has 0 radical (unpaired) electrons. The van der Waals surface area contributed by atoms with Crippen LogP contribution in [0.4, 0.5) is 0 Å². The largest absolute Gasteiger partial charge is 0.494 e. The Bertz CT molecular complexity index is 736. The van der Waals surface area contributed by atoms with Crippen LogP contribution < -0.4 is 9.47 Å². The highest BCUT2D eigenvalue weighted by Gasteiger charge is 2.27. The van der Waals surface area contributed by atoms with Crippen LogP contribution >= 0.6 is 0 Å². The lowest BCUT2D eigenvalue weighted by molar-refractivity contribution is -0.148. The van der Waals surface area contributed by atoms with Gasteiger partial charge in [0.15, 0.2) is 0 Å². The molecule has 0 heterocycles. The molecule has 29 heavy (non-hydrogen) atoms. The van der Waals surface area contributed by atoms with E-state index in [2.05, 4.69) is 0 Å². The second-order valence-electron chi connectivity index (χ2n) is 8.25. The van der Waals surface area contributed by atoms with Crippen molar-refractivity contribution in [3.8, 4) is 11.5 Å². The van der Waals surface area contributed by atoms with E-state index in [-0.39, 0.29) is 24.5 Å². The van der Waals surface area contributed by atoms with Crippen molar-refractivity contribution in [2.75, 3.05) is 13.2 Å². The molecule has 1 aromatic rings. The number of rotatable bonds is 13. The van der Waals surface area contributed by atoms with Crippen LogP contribution in [0, 0.1) is 10.8 Å². The summed E-state index contributed by atoms with van der Waals surface area (Å²) in [6.07, 6.45) is 1.82. The third-order valence-electron chi connectivity index (χ3n) is 4.76. The van der Waals surface area contributed by atoms with Crippen molar-refractivity contribution in [3.63, 3.8) is 0 Å². The summed E-state index contributed by atoms with van der Waals surface area (Å²) in [5, 5.41) is 27.6. The standard InChI is InChI=1S/C21H30O8/c1-20(2,18(24)25)9-5-11-28-14-7-8-16(15(13-14)17(22)23)29-12-6-10-21(3,4)19(26)27/h7-8,13H,5-6,9-12H2,1-4H3,(H,22,23)(H,24,25)(H,26,27). The third-order valence-corrected chi connectivity index (χ3v) is 4.76. The number of carboxylic acids is 3. The maximum absolute atomic E-state index is 11.5. The fourth-order valence-corrected chi connectivity index (χ4v) is 2.51. The average Bonchev–Trinajstić information content (AvgIpc) is 2.62. The zero-order valence-electron chi connectivity index (χ0n) is 17.4. The smallest absolute Gasteiger partial charge is 0.339 e. The minimum Gasteiger partial charge on any atom is -0.494 e. The van der Waals surface area contributed by atoms with Gasteiger partial charge in [-0.25, -0.2) is 4.79 Å². The van der Waals surface area contributed by atoms with Crippen molar-refractivity contribution in [3.05, 3.63) is 23.8 Å². The first kappa shape index (κ1) is 24.3. The van der Waals surface area contributed by atoms with Crippen molar-refractivity contribution < 1.29 is 39.2 Å². The molecule has 0 fully saturated rings. The van der Waals surface area contributed by atoms with Crippen LogP contribution in [0.3, 0.4) is 0 Å². The minimum absolute atomic E-state index is 0.0501. The van der Waals surface area contributed by atoms with Gasteiger partial charge in [0, 0.05) is 0 Å². The second-order valence-corrected chi connectivity index (χ2v) is 8.25. The average molecular weight is 410 g/mol. The summed E-state index contributed by atoms with van der Waals surface area (Å²) in [6, 6.07) is 4.45. The molecule has 0 saturated heterocycles. The van der Waals surface area contributed by atoms with Gasteiger partial charge in [0.25, 0.3) is 0 Å². The van der Waals surface area contributed by atoms with Gasteiger partial charge >= 0.3 is 17.9 Å². The van der Waals surface area contributed by atoms with Gasteiger partial charge in [-0.1, -0.05) is 0 Å². The lowest BCUT2D eigenvalue weighted by Crippen LogP contribution is -2.24. The van der Waals surface area contributed by atoms with E-state index in [0.717, 1.165) is 0 Å². The van der Waals surface area contributed by atoms with E-state index in [1.807, 2.05) is 0 Å². The van der Waals surface area contributed by atoms with Gasteiger partial charge in [0.2, 0.25) is 0 Å². The van der Waals surface area contributed by atoms with Gasteiger partial charge < -0.3 is 24.8 Å². The van der Waals surface area contributed by atoms with Crippen molar-refractivity contribution in [1.29, 1.82) is 0 Å². The molecule has 0 saturated carbocycles. The second kappa shape index (κ2) is 10.1. The summed E-state index contributed by atoms with van der Waals surface area (Å²) in [6.45, 7) is 6.99. The normalized spacial score (nSPS) is 11.7. The van der Waals surface area contributed by atoms with Gasteiger partial charge in [0.05, 0.1) is 24.0 Å². The molecule has 0 aromatic heterocycles. The van der Waals surface area contributed by atoms with Crippen molar-refractivity contribution >= 4 is 17.9 Å². The summed E-state index contributed by atoms with van der Waals surface area (Å²) in [5.74, 6) is -2.39. The highest BCUT2D eigenvalue weighted by Crippen LogP contribution is 2.27. The molecule has 0 aliphatic carbocycles. The molecule has 0 unspecified atom stereocenters. The number of hydrogen-bond donors (Lipinski definition) is 3. The monoisotopic (exact) mass is 410 g/mol. The predicted octanol–water partition coefficient (Wildman–Crippen LogP) is 3.92. The molecule has 0 atom stereocenters. The molecule has 8 nitrogen and oxygen atoms in total. The van der Waals surface area contributed by atoms with Crippen LogP contribution in [0.15, 0.2) is 18.2 Å². The van der Waals surface area contributed by atoms with Gasteiger partial charge in [-0.3, -0.25) is 9.59 Å². The number of carboxylic acid groups (broad SMARTS) is 3. The topological polar surface area (TPSA) is 130 Å². The highest BCUT2D eigenvalue weighted by molar-refractivity contribution is 5.91. The van der Waals surface area contributed by atoms with E-state index >= 15 is 0 Å². The Morgan fingerprint density at radius 2 is 1.31 bits per heavy atom. The van der Waals surface area contributed by atoms with Crippen LogP contribution in [-0.4, -0.2) is 46.4 Å². The van der Waals surface area contributed by atoms with Gasteiger partial charge in [-0.05, 0) is 71.6 Å². The predicted molar refractivity (Wildman–Crippen MR) is 106 cm³/mol. The molecular formula is C21H30O8. The summed E-state index contributed by atoms with van der Waals surface area (Å²) >= 11 is 0. The highest BCUT2D eigenvalue weighted by atomic mass is 16.5. The number of benzene rings is 1. The lowest BCUT2D eigenvalue weighted by atomic mass is 9.88. The fourth-order valence-electron chi connectivity index (χ4n) is 2.51. The Balaban J connectivity index is 2.62. The first-order valence-corrected chi connectivity index (χ1v) is 9.46. The van der Waals surface area contributed by atoms with Crippen molar-refractivity contribution in [1.82, 2.24) is 0 Å². The molecule has 3 N–H and O–H groups in total. The maximum Gasteiger partial charge on any atom is 0.339 e. The van der Waals surface area contributed by atoms with E-state index < -0.39 is 28.7 Å². The van der Waals surface area contributed by atoms with E-state index in [1.54, 1.807) is 33.8 Å². The van der Waals surface area contributed by atoms with Gasteiger partial charge in [0.1, 0.15) is 17.1 Å². The Morgan fingerprint density at radius 1 is 0.828 bits per heavy atom. The number of carbonyl (C=O) groups is 3. The number of aromatic carboxylic acids is 1. The maximum atomic E-state index is 11.5. The number of ether oxygens (including phenoxy) is 2. The molecule has 8 heteroatoms. The quantitative estimate of drug-likeness (QED) is 0.417. The van der Waals surface area contributed by atoms with Gasteiger partial charge in [-0.2, -0.15) is 0 Å². The molecule has 0 aliphatic rings. The van der Waals surface area contributed by atoms with Gasteiger partial charge in [-0.15, -0.1) is 0 Å². The Morgan fingerprint density at radius 3 is 1.76 bits per heavy atom. The van der Waals surface area contributed by atoms with Crippen LogP contribution in [-0.2, 0) is 9.59 Å². The molecule has 0 amide bonds. The van der Waals surface area contributed by atoms with E-state index in [9.17, 15) is 19.5 Å². The summed E-state index contributed by atoms with van der Waals surface area (Å²) in [4.78, 5) is 33.7. The van der Waals surface area contributed by atoms with Crippen molar-refractivity contribution in [2.24, 2.45) is 10.8 Å². The Labute approximate surface area is 170 Å². The lowest BCUT2D eigenvalue weighted by Gasteiger charge is -2.19. The molecular weight excluding hydrogens is 380 g/mol. The number of aliphatic carboxylic acids is 2. The summed E-state index contributed by atoms with van der Waals surface area (Å²) in [5.41, 5.74) is -1.76. The number of hydrogen-bond acceptors (Lipinski definition) is 5. The van der Waals surface area contributed by atoms with E-state index in [4.69, 9.17) is 19.7 Å². The zero-order chi connectivity index (χ0) is 22.2. The molecule has 1 aromatic carbocycles. The molecule has 1 rings (SSSR count). The van der Waals surface area contributed by atoms with Crippen LogP contribution in [0.25, 0.3) is 0 Å². The van der Waals surface area contributed by atoms with E-state index in [1.165, 1.54) is 12.1 Å². The third kappa shape index (κ3) is 7.63. The first-order chi connectivity index (χ1) is 13.4. The zero-order valence-corrected chi connectivity index (χ0v) is 17.4. The summed E-state index contributed by atoms with van der Waals surface area (Å²) in [7, 11) is 0.